The Kier molecular flexibility index (Phi) is 5.19. The monoisotopic (exact) mass is 301 g/mol. The molecule has 6 heteroatoms. The summed E-state index contributed by atoms with van der Waals surface area (Å²) in [6.45, 7) is 2.48. The molecule has 2 rings (SSSR count). The first-order valence-corrected chi connectivity index (χ1v) is 6.92. The van der Waals surface area contributed by atoms with E-state index in [1.54, 1.807) is 37.2 Å². The molecule has 0 aliphatic rings. The van der Waals surface area contributed by atoms with Crippen molar-refractivity contribution in [2.24, 2.45) is 7.05 Å². The predicted octanol–water partition coefficient (Wildman–Crippen LogP) is 2.48. The maximum atomic E-state index is 11.8. The van der Waals surface area contributed by atoms with Crippen molar-refractivity contribution in [1.29, 1.82) is 0 Å². The number of amides is 1. The fourth-order valence-electron chi connectivity index (χ4n) is 1.88. The van der Waals surface area contributed by atoms with Gasteiger partial charge in [-0.15, -0.1) is 0 Å². The van der Waals surface area contributed by atoms with Gasteiger partial charge in [-0.2, -0.15) is 5.10 Å². The van der Waals surface area contributed by atoms with Gasteiger partial charge >= 0.3 is 0 Å². The third-order valence-electron chi connectivity index (χ3n) is 2.88. The van der Waals surface area contributed by atoms with Crippen molar-refractivity contribution in [3.05, 3.63) is 42.1 Å². The number of rotatable bonds is 6. The Balaban J connectivity index is 2.04. The summed E-state index contributed by atoms with van der Waals surface area (Å²) in [7, 11) is 3.37. The van der Waals surface area contributed by atoms with Crippen molar-refractivity contribution in [2.45, 2.75) is 6.92 Å². The fourth-order valence-corrected chi connectivity index (χ4v) is 1.88. The second kappa shape index (κ2) is 7.31. The molecule has 0 aliphatic heterocycles. The lowest BCUT2D eigenvalue weighted by Crippen LogP contribution is -2.08. The van der Waals surface area contributed by atoms with Crippen LogP contribution in [0.2, 0.25) is 0 Å². The predicted molar refractivity (Wildman–Crippen MR) is 85.0 cm³/mol. The molecule has 22 heavy (non-hydrogen) atoms. The maximum absolute atomic E-state index is 11.8. The van der Waals surface area contributed by atoms with Gasteiger partial charge in [0.25, 0.3) is 0 Å². The summed E-state index contributed by atoms with van der Waals surface area (Å²) in [4.78, 5) is 11.8. The Labute approximate surface area is 129 Å². The highest BCUT2D eigenvalue weighted by atomic mass is 16.5. The summed E-state index contributed by atoms with van der Waals surface area (Å²) < 4.78 is 12.3. The molecule has 1 aromatic carbocycles. The molecule has 0 saturated carbocycles. The Morgan fingerprint density at radius 1 is 1.36 bits per heavy atom. The molecule has 0 aliphatic carbocycles. The number of methoxy groups -OCH3 is 1. The first kappa shape index (κ1) is 15.6. The number of anilines is 1. The van der Waals surface area contributed by atoms with Gasteiger partial charge in [0.1, 0.15) is 0 Å². The molecule has 1 heterocycles. The quantitative estimate of drug-likeness (QED) is 0.832. The average molecular weight is 301 g/mol. The number of benzene rings is 1. The fraction of sp³-hybridized carbons (Fsp3) is 0.250. The van der Waals surface area contributed by atoms with Gasteiger partial charge in [-0.25, -0.2) is 0 Å². The molecule has 2 aromatic rings. The van der Waals surface area contributed by atoms with Crippen LogP contribution in [0.25, 0.3) is 6.08 Å². The number of carbonyl (C=O) groups is 1. The van der Waals surface area contributed by atoms with Gasteiger partial charge in [0, 0.05) is 25.4 Å². The van der Waals surface area contributed by atoms with E-state index < -0.39 is 0 Å². The number of aromatic nitrogens is 2. The van der Waals surface area contributed by atoms with Gasteiger partial charge in [-0.3, -0.25) is 9.48 Å². The van der Waals surface area contributed by atoms with Crippen molar-refractivity contribution < 1.29 is 14.3 Å². The summed E-state index contributed by atoms with van der Waals surface area (Å²) >= 11 is 0. The SMILES string of the molecule is CCOc1ccc(/C=C/C(=O)Nc2ccn(C)n2)cc1OC. The van der Waals surface area contributed by atoms with E-state index in [0.717, 1.165) is 5.56 Å². The number of nitrogens with one attached hydrogen (secondary N) is 1. The molecule has 0 bridgehead atoms. The molecule has 1 aromatic heterocycles. The van der Waals surface area contributed by atoms with E-state index >= 15 is 0 Å². The van der Waals surface area contributed by atoms with Crippen molar-refractivity contribution >= 4 is 17.8 Å². The molecular formula is C16H19N3O3. The first-order chi connectivity index (χ1) is 10.6. The summed E-state index contributed by atoms with van der Waals surface area (Å²) in [5.41, 5.74) is 0.844. The number of hydrogen-bond acceptors (Lipinski definition) is 4. The number of nitrogens with zero attached hydrogens (tertiary/aromatic N) is 2. The molecular weight excluding hydrogens is 282 g/mol. The minimum Gasteiger partial charge on any atom is -0.493 e. The standard InChI is InChI=1S/C16H19N3O3/c1-4-22-13-7-5-12(11-14(13)21-3)6-8-16(20)17-15-9-10-19(2)18-15/h5-11H,4H2,1-3H3,(H,17,18,20)/b8-6+. The molecule has 0 unspecified atom stereocenters. The molecule has 116 valence electrons. The van der Waals surface area contributed by atoms with Crippen molar-refractivity contribution in [3.8, 4) is 11.5 Å². The zero-order valence-corrected chi connectivity index (χ0v) is 12.9. The van der Waals surface area contributed by atoms with Crippen LogP contribution in [0.1, 0.15) is 12.5 Å². The first-order valence-electron chi connectivity index (χ1n) is 6.92. The van der Waals surface area contributed by atoms with E-state index in [0.29, 0.717) is 23.9 Å². The third kappa shape index (κ3) is 4.12. The molecule has 1 amide bonds. The van der Waals surface area contributed by atoms with Crippen molar-refractivity contribution in [2.75, 3.05) is 19.0 Å². The van der Waals surface area contributed by atoms with Crippen molar-refractivity contribution in [1.82, 2.24) is 9.78 Å². The molecule has 0 saturated heterocycles. The van der Waals surface area contributed by atoms with Crippen LogP contribution >= 0.6 is 0 Å². The summed E-state index contributed by atoms with van der Waals surface area (Å²) in [5, 5.41) is 6.76. The molecule has 0 radical (unpaired) electrons. The van der Waals surface area contributed by atoms with Crippen LogP contribution in [0.5, 0.6) is 11.5 Å². The zero-order valence-electron chi connectivity index (χ0n) is 12.9. The van der Waals surface area contributed by atoms with E-state index in [4.69, 9.17) is 9.47 Å². The minimum atomic E-state index is -0.244. The molecule has 6 nitrogen and oxygen atoms in total. The van der Waals surface area contributed by atoms with Crippen LogP contribution in [0.15, 0.2) is 36.5 Å². The Morgan fingerprint density at radius 3 is 2.82 bits per heavy atom. The molecule has 0 fully saturated rings. The lowest BCUT2D eigenvalue weighted by molar-refractivity contribution is -0.111. The summed E-state index contributed by atoms with van der Waals surface area (Å²) in [5.74, 6) is 1.59. The van der Waals surface area contributed by atoms with E-state index in [1.165, 1.54) is 6.08 Å². The number of aryl methyl sites for hydroxylation is 1. The highest BCUT2D eigenvalue weighted by Crippen LogP contribution is 2.28. The lowest BCUT2D eigenvalue weighted by Gasteiger charge is -2.09. The second-order valence-electron chi connectivity index (χ2n) is 4.54. The Hall–Kier alpha value is -2.76. The lowest BCUT2D eigenvalue weighted by atomic mass is 10.2. The number of hydrogen-bond donors (Lipinski definition) is 1. The maximum Gasteiger partial charge on any atom is 0.249 e. The van der Waals surface area contributed by atoms with Crippen LogP contribution in [0.3, 0.4) is 0 Å². The normalized spacial score (nSPS) is 10.7. The average Bonchev–Trinajstić information content (AvgIpc) is 2.91. The molecule has 0 atom stereocenters. The smallest absolute Gasteiger partial charge is 0.249 e. The number of ether oxygens (including phenoxy) is 2. The topological polar surface area (TPSA) is 65.4 Å². The van der Waals surface area contributed by atoms with Crippen molar-refractivity contribution in [3.63, 3.8) is 0 Å². The van der Waals surface area contributed by atoms with E-state index in [9.17, 15) is 4.79 Å². The van der Waals surface area contributed by atoms with Crippen LogP contribution < -0.4 is 14.8 Å². The zero-order chi connectivity index (χ0) is 15.9. The van der Waals surface area contributed by atoms with Gasteiger partial charge in [-0.05, 0) is 30.7 Å². The number of carbonyl (C=O) groups excluding carboxylic acids is 1. The highest BCUT2D eigenvalue weighted by Gasteiger charge is 2.04. The van der Waals surface area contributed by atoms with E-state index in [2.05, 4.69) is 10.4 Å². The van der Waals surface area contributed by atoms with Gasteiger partial charge in [0.05, 0.1) is 13.7 Å². The van der Waals surface area contributed by atoms with Crippen LogP contribution in [0.4, 0.5) is 5.82 Å². The molecule has 1 N–H and O–H groups in total. The summed E-state index contributed by atoms with van der Waals surface area (Å²) in [6, 6.07) is 7.22. The van der Waals surface area contributed by atoms with Crippen LogP contribution in [0, 0.1) is 0 Å². The Morgan fingerprint density at radius 2 is 2.18 bits per heavy atom. The highest BCUT2D eigenvalue weighted by molar-refractivity contribution is 6.01. The van der Waals surface area contributed by atoms with Gasteiger partial charge < -0.3 is 14.8 Å². The largest absolute Gasteiger partial charge is 0.493 e. The third-order valence-corrected chi connectivity index (χ3v) is 2.88. The van der Waals surface area contributed by atoms with Gasteiger partial charge in [-0.1, -0.05) is 6.07 Å². The minimum absolute atomic E-state index is 0.244. The summed E-state index contributed by atoms with van der Waals surface area (Å²) in [6.07, 6.45) is 4.91. The molecule has 0 spiro atoms. The van der Waals surface area contributed by atoms with Crippen LogP contribution in [-0.2, 0) is 11.8 Å². The van der Waals surface area contributed by atoms with E-state index in [-0.39, 0.29) is 5.91 Å². The Bertz CT molecular complexity index is 677. The van der Waals surface area contributed by atoms with Crippen LogP contribution in [-0.4, -0.2) is 29.4 Å². The van der Waals surface area contributed by atoms with Gasteiger partial charge in [0.15, 0.2) is 17.3 Å². The second-order valence-corrected chi connectivity index (χ2v) is 4.54. The van der Waals surface area contributed by atoms with Gasteiger partial charge in [0.2, 0.25) is 5.91 Å². The van der Waals surface area contributed by atoms with E-state index in [1.807, 2.05) is 25.1 Å².